The number of sulfone groups is 1. The van der Waals surface area contributed by atoms with Gasteiger partial charge in [0, 0.05) is 19.4 Å². The van der Waals surface area contributed by atoms with Crippen molar-refractivity contribution in [2.45, 2.75) is 37.6 Å². The molecule has 2 aliphatic rings. The molecule has 8 heteroatoms. The lowest BCUT2D eigenvalue weighted by molar-refractivity contribution is -0.120. The molecule has 1 fully saturated rings. The Morgan fingerprint density at radius 3 is 2.40 bits per heavy atom. The Kier molecular flexibility index (Phi) is 5.15. The fourth-order valence-electron chi connectivity index (χ4n) is 3.99. The summed E-state index contributed by atoms with van der Waals surface area (Å²) in [5, 5.41) is 9.16. The summed E-state index contributed by atoms with van der Waals surface area (Å²) >= 11 is 0. The largest absolute Gasteiger partial charge is 0.380 e. The predicted molar refractivity (Wildman–Crippen MR) is 114 cm³/mol. The predicted octanol–water partition coefficient (Wildman–Crippen LogP) is 2.58. The highest BCUT2D eigenvalue weighted by molar-refractivity contribution is 7.91. The van der Waals surface area contributed by atoms with Crippen molar-refractivity contribution in [1.82, 2.24) is 0 Å². The zero-order chi connectivity index (χ0) is 21.6. The van der Waals surface area contributed by atoms with E-state index in [1.165, 1.54) is 19.1 Å². The first-order valence-electron chi connectivity index (χ1n) is 9.92. The standard InChI is InChI=1S/C22H24N2O5S/c1-14-12-23(22(27)16-6-7-16)21-11-18(8-9-20(21)24(14)15(2)26)17-4-3-5-19(10-17)30(28,29)13-25/h3-5,8-11,14,16,25H,6-7,12-13H2,1-2H3/t14-/m0/s1. The molecule has 1 aliphatic heterocycles. The second kappa shape index (κ2) is 7.52. The van der Waals surface area contributed by atoms with Gasteiger partial charge in [0.15, 0.2) is 0 Å². The number of fused-ring (bicyclic) bond motifs is 1. The van der Waals surface area contributed by atoms with Gasteiger partial charge in [-0.15, -0.1) is 0 Å². The Labute approximate surface area is 175 Å². The third-order valence-corrected chi connectivity index (χ3v) is 6.95. The van der Waals surface area contributed by atoms with E-state index in [0.29, 0.717) is 23.5 Å². The van der Waals surface area contributed by atoms with E-state index in [1.807, 2.05) is 25.1 Å². The Morgan fingerprint density at radius 1 is 1.07 bits per heavy atom. The summed E-state index contributed by atoms with van der Waals surface area (Å²) in [5.41, 5.74) is 2.72. The van der Waals surface area contributed by atoms with Gasteiger partial charge in [-0.1, -0.05) is 18.2 Å². The van der Waals surface area contributed by atoms with Crippen LogP contribution >= 0.6 is 0 Å². The van der Waals surface area contributed by atoms with E-state index >= 15 is 0 Å². The number of aliphatic hydroxyl groups excluding tert-OH is 1. The third-order valence-electron chi connectivity index (χ3n) is 5.64. The van der Waals surface area contributed by atoms with E-state index in [-0.39, 0.29) is 28.7 Å². The normalized spacial score (nSPS) is 18.8. The van der Waals surface area contributed by atoms with Gasteiger partial charge in [0.05, 0.1) is 22.3 Å². The first kappa shape index (κ1) is 20.6. The van der Waals surface area contributed by atoms with Crippen LogP contribution in [0.4, 0.5) is 11.4 Å². The lowest BCUT2D eigenvalue weighted by atomic mass is 10.00. The summed E-state index contributed by atoms with van der Waals surface area (Å²) in [4.78, 5) is 28.7. The second-order valence-electron chi connectivity index (χ2n) is 7.94. The smallest absolute Gasteiger partial charge is 0.230 e. The van der Waals surface area contributed by atoms with Crippen molar-refractivity contribution >= 4 is 33.0 Å². The molecule has 158 valence electrons. The molecule has 1 N–H and O–H groups in total. The molecule has 0 spiro atoms. The molecule has 0 aromatic heterocycles. The number of carbonyl (C=O) groups is 2. The lowest BCUT2D eigenvalue weighted by Gasteiger charge is -2.41. The molecule has 0 saturated heterocycles. The molecule has 1 heterocycles. The van der Waals surface area contributed by atoms with Gasteiger partial charge in [-0.2, -0.15) is 0 Å². The fraction of sp³-hybridized carbons (Fsp3) is 0.364. The van der Waals surface area contributed by atoms with Crippen molar-refractivity contribution < 1.29 is 23.1 Å². The number of carbonyl (C=O) groups excluding carboxylic acids is 2. The zero-order valence-corrected chi connectivity index (χ0v) is 17.7. The maximum absolute atomic E-state index is 12.9. The summed E-state index contributed by atoms with van der Waals surface area (Å²) in [6, 6.07) is 11.7. The van der Waals surface area contributed by atoms with Crippen molar-refractivity contribution in [2.75, 3.05) is 22.3 Å². The Morgan fingerprint density at radius 2 is 1.77 bits per heavy atom. The van der Waals surface area contributed by atoms with Crippen LogP contribution in [0.5, 0.6) is 0 Å². The number of anilines is 2. The summed E-state index contributed by atoms with van der Waals surface area (Å²) < 4.78 is 24.1. The van der Waals surface area contributed by atoms with E-state index in [9.17, 15) is 18.0 Å². The molecule has 1 aliphatic carbocycles. The van der Waals surface area contributed by atoms with E-state index in [0.717, 1.165) is 18.4 Å². The minimum absolute atomic E-state index is 0.0325. The molecule has 0 bridgehead atoms. The second-order valence-corrected chi connectivity index (χ2v) is 9.90. The number of amides is 2. The molecule has 2 aromatic carbocycles. The highest BCUT2D eigenvalue weighted by atomic mass is 32.2. The molecule has 7 nitrogen and oxygen atoms in total. The Bertz CT molecular complexity index is 1120. The third kappa shape index (κ3) is 3.61. The summed E-state index contributed by atoms with van der Waals surface area (Å²) in [5.74, 6) is -0.947. The maximum Gasteiger partial charge on any atom is 0.230 e. The number of nitrogens with zero attached hydrogens (tertiary/aromatic N) is 2. The minimum Gasteiger partial charge on any atom is -0.380 e. The molecule has 2 aromatic rings. The van der Waals surface area contributed by atoms with Gasteiger partial charge in [0.1, 0.15) is 5.94 Å². The monoisotopic (exact) mass is 428 g/mol. The Hall–Kier alpha value is -2.71. The first-order chi connectivity index (χ1) is 14.2. The van der Waals surface area contributed by atoms with Crippen LogP contribution in [0.25, 0.3) is 11.1 Å². The van der Waals surface area contributed by atoms with Gasteiger partial charge in [-0.25, -0.2) is 8.42 Å². The molecule has 1 atom stereocenters. The molecule has 0 unspecified atom stereocenters. The van der Waals surface area contributed by atoms with Crippen LogP contribution in [0.1, 0.15) is 26.7 Å². The van der Waals surface area contributed by atoms with E-state index in [1.54, 1.807) is 21.9 Å². The Balaban J connectivity index is 1.82. The number of hydrogen-bond donors (Lipinski definition) is 1. The van der Waals surface area contributed by atoms with Crippen molar-refractivity contribution in [2.24, 2.45) is 5.92 Å². The molecule has 1 saturated carbocycles. The quantitative estimate of drug-likeness (QED) is 0.808. The van der Waals surface area contributed by atoms with Crippen LogP contribution in [0.15, 0.2) is 47.4 Å². The zero-order valence-electron chi connectivity index (χ0n) is 16.9. The first-order valence-corrected chi connectivity index (χ1v) is 11.6. The van der Waals surface area contributed by atoms with Gasteiger partial charge in [0.2, 0.25) is 21.7 Å². The molecule has 30 heavy (non-hydrogen) atoms. The van der Waals surface area contributed by atoms with E-state index < -0.39 is 15.8 Å². The molecular formula is C22H24N2O5S. The van der Waals surface area contributed by atoms with Crippen LogP contribution < -0.4 is 9.80 Å². The number of benzene rings is 2. The van der Waals surface area contributed by atoms with Gasteiger partial charge < -0.3 is 14.9 Å². The van der Waals surface area contributed by atoms with Crippen molar-refractivity contribution in [3.8, 4) is 11.1 Å². The number of aliphatic hydroxyl groups is 1. The van der Waals surface area contributed by atoms with Crippen LogP contribution in [-0.2, 0) is 19.4 Å². The maximum atomic E-state index is 12.9. The van der Waals surface area contributed by atoms with Crippen LogP contribution in [0, 0.1) is 5.92 Å². The van der Waals surface area contributed by atoms with Crippen molar-refractivity contribution in [3.63, 3.8) is 0 Å². The van der Waals surface area contributed by atoms with Gasteiger partial charge in [0.25, 0.3) is 0 Å². The van der Waals surface area contributed by atoms with Crippen LogP contribution in [0.2, 0.25) is 0 Å². The van der Waals surface area contributed by atoms with Crippen LogP contribution in [0.3, 0.4) is 0 Å². The SMILES string of the molecule is CC(=O)N1c2ccc(-c3cccc(S(=O)(=O)CO)c3)cc2N(C(=O)C2CC2)C[C@@H]1C. The van der Waals surface area contributed by atoms with Crippen LogP contribution in [-0.4, -0.2) is 43.9 Å². The van der Waals surface area contributed by atoms with Gasteiger partial charge >= 0.3 is 0 Å². The summed E-state index contributed by atoms with van der Waals surface area (Å²) in [6.45, 7) is 3.86. The molecular weight excluding hydrogens is 404 g/mol. The topological polar surface area (TPSA) is 95.0 Å². The minimum atomic E-state index is -3.76. The van der Waals surface area contributed by atoms with Gasteiger partial charge in [-0.3, -0.25) is 9.59 Å². The molecule has 2 amide bonds. The highest BCUT2D eigenvalue weighted by Crippen LogP contribution is 2.42. The number of rotatable bonds is 4. The lowest BCUT2D eigenvalue weighted by Crippen LogP contribution is -2.51. The highest BCUT2D eigenvalue weighted by Gasteiger charge is 2.39. The summed E-state index contributed by atoms with van der Waals surface area (Å²) in [7, 11) is -3.76. The van der Waals surface area contributed by atoms with E-state index in [4.69, 9.17) is 5.11 Å². The average molecular weight is 429 g/mol. The van der Waals surface area contributed by atoms with Gasteiger partial charge in [-0.05, 0) is 55.2 Å². The fourth-order valence-corrected chi connectivity index (χ4v) is 4.73. The van der Waals surface area contributed by atoms with Crippen molar-refractivity contribution in [3.05, 3.63) is 42.5 Å². The molecule has 0 radical (unpaired) electrons. The van der Waals surface area contributed by atoms with E-state index in [2.05, 4.69) is 0 Å². The average Bonchev–Trinajstić information content (AvgIpc) is 3.57. The molecule has 4 rings (SSSR count). The number of hydrogen-bond acceptors (Lipinski definition) is 5. The van der Waals surface area contributed by atoms with Crippen molar-refractivity contribution in [1.29, 1.82) is 0 Å². The summed E-state index contributed by atoms with van der Waals surface area (Å²) in [6.07, 6.45) is 1.77.